The Hall–Kier alpha value is -1.07. The summed E-state index contributed by atoms with van der Waals surface area (Å²) in [6, 6.07) is 6.75. The maximum atomic E-state index is 10.7. The summed E-state index contributed by atoms with van der Waals surface area (Å²) >= 11 is 0. The normalized spacial score (nSPS) is 13.2. The lowest BCUT2D eigenvalue weighted by atomic mass is 10.0. The molecule has 0 radical (unpaired) electrons. The summed E-state index contributed by atoms with van der Waals surface area (Å²) in [6.45, 7) is 5.07. The topological polar surface area (TPSA) is 63.6 Å². The van der Waals surface area contributed by atoms with E-state index < -0.39 is 10.1 Å². The van der Waals surface area contributed by atoms with Gasteiger partial charge in [-0.2, -0.15) is 8.42 Å². The van der Waals surface area contributed by atoms with Crippen molar-refractivity contribution in [2.75, 3.05) is 6.61 Å². The molecule has 5 heteroatoms. The maximum absolute atomic E-state index is 10.7. The largest absolute Gasteiger partial charge is 0.494 e. The lowest BCUT2D eigenvalue weighted by Crippen LogP contribution is -2.02. The summed E-state index contributed by atoms with van der Waals surface area (Å²) in [7, 11) is -3.96. The van der Waals surface area contributed by atoms with Crippen molar-refractivity contribution in [3.8, 4) is 5.75 Å². The number of benzene rings is 1. The quantitative estimate of drug-likeness (QED) is 0.588. The predicted octanol–water partition coefficient (Wildman–Crippen LogP) is 3.28. The first-order valence-electron chi connectivity index (χ1n) is 6.57. The maximum Gasteiger partial charge on any atom is 0.269 e. The van der Waals surface area contributed by atoms with E-state index in [4.69, 9.17) is 9.29 Å². The fourth-order valence-electron chi connectivity index (χ4n) is 1.72. The standard InChI is InChI=1S/C14H22O4S/c1-3-12(2)5-4-10-18-14-8-6-13(7-9-14)11-19(15,16)17/h6-9,12H,3-5,10-11H2,1-2H3,(H,15,16,17)/t12-/m0/s1. The number of hydrogen-bond acceptors (Lipinski definition) is 3. The Morgan fingerprint density at radius 2 is 1.89 bits per heavy atom. The van der Waals surface area contributed by atoms with Crippen molar-refractivity contribution in [3.05, 3.63) is 29.8 Å². The first kappa shape index (κ1) is 16.0. The van der Waals surface area contributed by atoms with E-state index in [-0.39, 0.29) is 5.75 Å². The Labute approximate surface area is 115 Å². The number of ether oxygens (including phenoxy) is 1. The van der Waals surface area contributed by atoms with Crippen LogP contribution in [-0.2, 0) is 15.9 Å². The first-order chi connectivity index (χ1) is 8.90. The highest BCUT2D eigenvalue weighted by atomic mass is 32.2. The SMILES string of the molecule is CC[C@H](C)CCCOc1ccc(CS(=O)(=O)O)cc1. The molecule has 0 aliphatic rings. The zero-order chi connectivity index (χ0) is 14.3. The molecule has 0 unspecified atom stereocenters. The Kier molecular flexibility index (Phi) is 6.31. The van der Waals surface area contributed by atoms with Crippen LogP contribution in [0.15, 0.2) is 24.3 Å². The minimum absolute atomic E-state index is 0.360. The third-order valence-corrected chi connectivity index (χ3v) is 3.78. The molecule has 0 heterocycles. The molecule has 1 rings (SSSR count). The van der Waals surface area contributed by atoms with Crippen molar-refractivity contribution in [2.45, 2.75) is 38.9 Å². The molecule has 0 saturated heterocycles. The summed E-state index contributed by atoms with van der Waals surface area (Å²) in [5.74, 6) is 1.09. The van der Waals surface area contributed by atoms with Crippen LogP contribution in [0.3, 0.4) is 0 Å². The highest BCUT2D eigenvalue weighted by Crippen LogP contribution is 2.15. The molecule has 0 spiro atoms. The fraction of sp³-hybridized carbons (Fsp3) is 0.571. The zero-order valence-corrected chi connectivity index (χ0v) is 12.3. The van der Waals surface area contributed by atoms with Gasteiger partial charge in [0.15, 0.2) is 0 Å². The van der Waals surface area contributed by atoms with Gasteiger partial charge in [-0.1, -0.05) is 32.4 Å². The van der Waals surface area contributed by atoms with Crippen molar-refractivity contribution in [3.63, 3.8) is 0 Å². The second-order valence-corrected chi connectivity index (χ2v) is 6.33. The van der Waals surface area contributed by atoms with Gasteiger partial charge >= 0.3 is 0 Å². The molecule has 108 valence electrons. The van der Waals surface area contributed by atoms with Crippen molar-refractivity contribution in [1.29, 1.82) is 0 Å². The van der Waals surface area contributed by atoms with E-state index >= 15 is 0 Å². The van der Waals surface area contributed by atoms with Gasteiger partial charge in [-0.3, -0.25) is 4.55 Å². The van der Waals surface area contributed by atoms with Crippen LogP contribution in [-0.4, -0.2) is 19.6 Å². The van der Waals surface area contributed by atoms with Crippen molar-refractivity contribution in [2.24, 2.45) is 5.92 Å². The molecule has 1 aromatic carbocycles. The first-order valence-corrected chi connectivity index (χ1v) is 8.18. The fourth-order valence-corrected chi connectivity index (χ4v) is 2.33. The van der Waals surface area contributed by atoms with E-state index in [1.807, 2.05) is 0 Å². The second-order valence-electron chi connectivity index (χ2n) is 4.87. The highest BCUT2D eigenvalue weighted by Gasteiger charge is 2.06. The highest BCUT2D eigenvalue weighted by molar-refractivity contribution is 7.85. The summed E-state index contributed by atoms with van der Waals surface area (Å²) in [6.07, 6.45) is 3.35. The molecule has 0 aliphatic carbocycles. The molecule has 0 amide bonds. The summed E-state index contributed by atoms with van der Waals surface area (Å²) in [5, 5.41) is 0. The van der Waals surface area contributed by atoms with Crippen LogP contribution >= 0.6 is 0 Å². The Morgan fingerprint density at radius 3 is 2.42 bits per heavy atom. The van der Waals surface area contributed by atoms with E-state index in [1.165, 1.54) is 6.42 Å². The van der Waals surface area contributed by atoms with Gasteiger partial charge < -0.3 is 4.74 Å². The Bertz CT molecular complexity index is 465. The molecule has 0 fully saturated rings. The number of rotatable bonds is 8. The van der Waals surface area contributed by atoms with E-state index in [1.54, 1.807) is 24.3 Å². The molecule has 19 heavy (non-hydrogen) atoms. The molecule has 0 aromatic heterocycles. The average Bonchev–Trinajstić information content (AvgIpc) is 2.34. The summed E-state index contributed by atoms with van der Waals surface area (Å²) in [4.78, 5) is 0. The molecular formula is C14H22O4S. The van der Waals surface area contributed by atoms with Gasteiger partial charge in [0, 0.05) is 0 Å². The van der Waals surface area contributed by atoms with Gasteiger partial charge in [-0.25, -0.2) is 0 Å². The van der Waals surface area contributed by atoms with Gasteiger partial charge in [0.2, 0.25) is 0 Å². The molecule has 0 saturated carbocycles. The van der Waals surface area contributed by atoms with E-state index in [2.05, 4.69) is 13.8 Å². The Balaban J connectivity index is 2.36. The van der Waals surface area contributed by atoms with Crippen LogP contribution in [0, 0.1) is 5.92 Å². The van der Waals surface area contributed by atoms with Crippen molar-refractivity contribution >= 4 is 10.1 Å². The zero-order valence-electron chi connectivity index (χ0n) is 11.5. The van der Waals surface area contributed by atoms with Crippen LogP contribution in [0.4, 0.5) is 0 Å². The average molecular weight is 286 g/mol. The molecule has 1 N–H and O–H groups in total. The van der Waals surface area contributed by atoms with Crippen LogP contribution in [0.2, 0.25) is 0 Å². The van der Waals surface area contributed by atoms with Crippen LogP contribution in [0.25, 0.3) is 0 Å². The van der Waals surface area contributed by atoms with Gasteiger partial charge in [0.05, 0.1) is 6.61 Å². The van der Waals surface area contributed by atoms with Crippen LogP contribution in [0.5, 0.6) is 5.75 Å². The van der Waals surface area contributed by atoms with Crippen LogP contribution < -0.4 is 4.74 Å². The summed E-state index contributed by atoms with van der Waals surface area (Å²) in [5.41, 5.74) is 0.550. The van der Waals surface area contributed by atoms with E-state index in [0.717, 1.165) is 24.5 Å². The minimum atomic E-state index is -3.96. The lowest BCUT2D eigenvalue weighted by molar-refractivity contribution is 0.294. The van der Waals surface area contributed by atoms with Crippen molar-refractivity contribution < 1.29 is 17.7 Å². The van der Waals surface area contributed by atoms with E-state index in [0.29, 0.717) is 12.2 Å². The molecular weight excluding hydrogens is 264 g/mol. The van der Waals surface area contributed by atoms with E-state index in [9.17, 15) is 8.42 Å². The van der Waals surface area contributed by atoms with Gasteiger partial charge in [0.1, 0.15) is 11.5 Å². The molecule has 1 aromatic rings. The molecule has 4 nitrogen and oxygen atoms in total. The third kappa shape index (κ3) is 7.18. The van der Waals surface area contributed by atoms with Gasteiger partial charge in [0.25, 0.3) is 10.1 Å². The molecule has 1 atom stereocenters. The lowest BCUT2D eigenvalue weighted by Gasteiger charge is -2.09. The van der Waals surface area contributed by atoms with Crippen LogP contribution in [0.1, 0.15) is 38.7 Å². The minimum Gasteiger partial charge on any atom is -0.494 e. The van der Waals surface area contributed by atoms with Gasteiger partial charge in [-0.15, -0.1) is 0 Å². The Morgan fingerprint density at radius 1 is 1.26 bits per heavy atom. The molecule has 0 aliphatic heterocycles. The van der Waals surface area contributed by atoms with Gasteiger partial charge in [-0.05, 0) is 36.5 Å². The third-order valence-electron chi connectivity index (χ3n) is 3.08. The molecule has 0 bridgehead atoms. The van der Waals surface area contributed by atoms with Crippen molar-refractivity contribution in [1.82, 2.24) is 0 Å². The monoisotopic (exact) mass is 286 g/mol. The number of hydrogen-bond donors (Lipinski definition) is 1. The summed E-state index contributed by atoms with van der Waals surface area (Å²) < 4.78 is 35.7. The smallest absolute Gasteiger partial charge is 0.269 e. The second kappa shape index (κ2) is 7.50. The predicted molar refractivity (Wildman–Crippen MR) is 75.9 cm³/mol.